The Balaban J connectivity index is 1.95. The SMILES string of the molecule is O=c1c2cccnc2ncn1C[C@@H](O)c1cccc(F)c1. The van der Waals surface area contributed by atoms with Gasteiger partial charge in [0.15, 0.2) is 5.65 Å². The first-order chi connectivity index (χ1) is 10.1. The van der Waals surface area contributed by atoms with E-state index in [0.29, 0.717) is 16.6 Å². The normalized spacial score (nSPS) is 12.5. The lowest BCUT2D eigenvalue weighted by Crippen LogP contribution is -2.24. The van der Waals surface area contributed by atoms with E-state index in [1.165, 1.54) is 29.1 Å². The summed E-state index contributed by atoms with van der Waals surface area (Å²) in [5.74, 6) is -0.431. The number of fused-ring (bicyclic) bond motifs is 1. The Bertz CT molecular complexity index is 847. The first kappa shape index (κ1) is 13.4. The first-order valence-corrected chi connectivity index (χ1v) is 6.39. The lowest BCUT2D eigenvalue weighted by Gasteiger charge is -2.13. The van der Waals surface area contributed by atoms with Crippen molar-refractivity contribution in [3.63, 3.8) is 0 Å². The number of hydrogen-bond donors (Lipinski definition) is 1. The minimum Gasteiger partial charge on any atom is -0.387 e. The van der Waals surface area contributed by atoms with Gasteiger partial charge in [-0.3, -0.25) is 9.36 Å². The Labute approximate surface area is 119 Å². The van der Waals surface area contributed by atoms with E-state index in [1.54, 1.807) is 24.4 Å². The summed E-state index contributed by atoms with van der Waals surface area (Å²) in [5, 5.41) is 10.5. The largest absolute Gasteiger partial charge is 0.387 e. The molecule has 0 unspecified atom stereocenters. The van der Waals surface area contributed by atoms with Gasteiger partial charge >= 0.3 is 0 Å². The molecule has 1 atom stereocenters. The quantitative estimate of drug-likeness (QED) is 0.794. The molecule has 21 heavy (non-hydrogen) atoms. The highest BCUT2D eigenvalue weighted by atomic mass is 19.1. The van der Waals surface area contributed by atoms with Gasteiger partial charge in [0, 0.05) is 6.20 Å². The average Bonchev–Trinajstić information content (AvgIpc) is 2.50. The van der Waals surface area contributed by atoms with Crippen LogP contribution in [-0.2, 0) is 6.54 Å². The van der Waals surface area contributed by atoms with Crippen molar-refractivity contribution >= 4 is 11.0 Å². The third-order valence-corrected chi connectivity index (χ3v) is 3.20. The lowest BCUT2D eigenvalue weighted by molar-refractivity contribution is 0.154. The fourth-order valence-corrected chi connectivity index (χ4v) is 2.13. The fraction of sp³-hybridized carbons (Fsp3) is 0.133. The summed E-state index contributed by atoms with van der Waals surface area (Å²) in [5.41, 5.74) is 0.482. The Morgan fingerprint density at radius 2 is 2.10 bits per heavy atom. The molecule has 6 heteroatoms. The Kier molecular flexibility index (Phi) is 3.45. The number of aliphatic hydroxyl groups excluding tert-OH is 1. The van der Waals surface area contributed by atoms with Crippen LogP contribution in [0.15, 0.2) is 53.7 Å². The molecule has 0 saturated carbocycles. The maximum atomic E-state index is 13.2. The molecule has 106 valence electrons. The number of nitrogens with zero attached hydrogens (tertiary/aromatic N) is 3. The number of benzene rings is 1. The van der Waals surface area contributed by atoms with E-state index >= 15 is 0 Å². The zero-order chi connectivity index (χ0) is 14.8. The van der Waals surface area contributed by atoms with Crippen molar-refractivity contribution in [1.82, 2.24) is 14.5 Å². The smallest absolute Gasteiger partial charge is 0.262 e. The molecule has 0 saturated heterocycles. The molecule has 0 bridgehead atoms. The minimum absolute atomic E-state index is 0.000120. The molecule has 3 rings (SSSR count). The van der Waals surface area contributed by atoms with Gasteiger partial charge in [-0.1, -0.05) is 12.1 Å². The van der Waals surface area contributed by atoms with E-state index < -0.39 is 11.9 Å². The maximum Gasteiger partial charge on any atom is 0.262 e. The molecule has 0 radical (unpaired) electrons. The van der Waals surface area contributed by atoms with Crippen molar-refractivity contribution in [2.24, 2.45) is 0 Å². The summed E-state index contributed by atoms with van der Waals surface area (Å²) < 4.78 is 14.4. The van der Waals surface area contributed by atoms with Crippen molar-refractivity contribution in [3.05, 3.63) is 70.7 Å². The second-order valence-electron chi connectivity index (χ2n) is 4.65. The molecule has 1 N–H and O–H groups in total. The van der Waals surface area contributed by atoms with Gasteiger partial charge in [-0.15, -0.1) is 0 Å². The van der Waals surface area contributed by atoms with Gasteiger partial charge < -0.3 is 5.11 Å². The number of aliphatic hydroxyl groups is 1. The van der Waals surface area contributed by atoms with E-state index in [0.717, 1.165) is 0 Å². The molecule has 5 nitrogen and oxygen atoms in total. The van der Waals surface area contributed by atoms with Gasteiger partial charge in [0.25, 0.3) is 5.56 Å². The van der Waals surface area contributed by atoms with E-state index in [2.05, 4.69) is 9.97 Å². The summed E-state index contributed by atoms with van der Waals surface area (Å²) in [6, 6.07) is 8.94. The summed E-state index contributed by atoms with van der Waals surface area (Å²) in [6.07, 6.45) is 1.90. The number of pyridine rings is 1. The fourth-order valence-electron chi connectivity index (χ4n) is 2.13. The van der Waals surface area contributed by atoms with Gasteiger partial charge in [-0.2, -0.15) is 0 Å². The molecule has 0 spiro atoms. The Hall–Kier alpha value is -2.60. The van der Waals surface area contributed by atoms with Crippen LogP contribution in [0, 0.1) is 5.82 Å². The van der Waals surface area contributed by atoms with E-state index in [4.69, 9.17) is 0 Å². The van der Waals surface area contributed by atoms with Crippen LogP contribution in [-0.4, -0.2) is 19.6 Å². The number of rotatable bonds is 3. The zero-order valence-electron chi connectivity index (χ0n) is 11.0. The number of aromatic nitrogens is 3. The molecule has 0 amide bonds. The molecule has 3 aromatic rings. The van der Waals surface area contributed by atoms with Crippen molar-refractivity contribution in [3.8, 4) is 0 Å². The van der Waals surface area contributed by atoms with Crippen molar-refractivity contribution in [1.29, 1.82) is 0 Å². The first-order valence-electron chi connectivity index (χ1n) is 6.39. The summed E-state index contributed by atoms with van der Waals surface area (Å²) in [4.78, 5) is 20.3. The van der Waals surface area contributed by atoms with E-state index in [9.17, 15) is 14.3 Å². The van der Waals surface area contributed by atoms with Crippen LogP contribution in [0.1, 0.15) is 11.7 Å². The van der Waals surface area contributed by atoms with Crippen molar-refractivity contribution in [2.75, 3.05) is 0 Å². The summed E-state index contributed by atoms with van der Waals surface area (Å²) in [6.45, 7) is 0.000120. The third kappa shape index (κ3) is 2.66. The standard InChI is InChI=1S/C15H12FN3O2/c16-11-4-1-3-10(7-11)13(20)8-19-9-18-14-12(15(19)21)5-2-6-17-14/h1-7,9,13,20H,8H2/t13-/m1/s1. The molecular weight excluding hydrogens is 273 g/mol. The second kappa shape index (κ2) is 5.41. The van der Waals surface area contributed by atoms with Gasteiger partial charge in [0.1, 0.15) is 12.1 Å². The molecule has 2 heterocycles. The Morgan fingerprint density at radius 1 is 1.24 bits per heavy atom. The molecular formula is C15H12FN3O2. The number of hydrogen-bond acceptors (Lipinski definition) is 4. The van der Waals surface area contributed by atoms with Gasteiger partial charge in [0.2, 0.25) is 0 Å². The predicted octanol–water partition coefficient (Wildman–Crippen LogP) is 1.66. The topological polar surface area (TPSA) is 68.0 Å². The average molecular weight is 285 g/mol. The maximum absolute atomic E-state index is 13.2. The molecule has 0 aliphatic rings. The minimum atomic E-state index is -0.991. The molecule has 2 aromatic heterocycles. The van der Waals surface area contributed by atoms with Crippen LogP contribution >= 0.6 is 0 Å². The van der Waals surface area contributed by atoms with E-state index in [-0.39, 0.29) is 12.1 Å². The van der Waals surface area contributed by atoms with Crippen LogP contribution in [0.3, 0.4) is 0 Å². The van der Waals surface area contributed by atoms with E-state index in [1.807, 2.05) is 0 Å². The highest BCUT2D eigenvalue weighted by molar-refractivity contribution is 5.72. The Morgan fingerprint density at radius 3 is 2.90 bits per heavy atom. The number of halogens is 1. The summed E-state index contributed by atoms with van der Waals surface area (Å²) >= 11 is 0. The van der Waals surface area contributed by atoms with Crippen LogP contribution in [0.2, 0.25) is 0 Å². The zero-order valence-corrected chi connectivity index (χ0v) is 11.0. The monoisotopic (exact) mass is 285 g/mol. The van der Waals surface area contributed by atoms with Gasteiger partial charge in [-0.05, 0) is 29.8 Å². The van der Waals surface area contributed by atoms with Crippen molar-refractivity contribution < 1.29 is 9.50 Å². The van der Waals surface area contributed by atoms with Gasteiger partial charge in [0.05, 0.1) is 18.0 Å². The lowest BCUT2D eigenvalue weighted by atomic mass is 10.1. The molecule has 0 aliphatic carbocycles. The predicted molar refractivity (Wildman–Crippen MR) is 75.2 cm³/mol. The van der Waals surface area contributed by atoms with Crippen LogP contribution in [0.4, 0.5) is 4.39 Å². The molecule has 0 aliphatic heterocycles. The van der Waals surface area contributed by atoms with Crippen LogP contribution < -0.4 is 5.56 Å². The highest BCUT2D eigenvalue weighted by Gasteiger charge is 2.12. The second-order valence-corrected chi connectivity index (χ2v) is 4.65. The highest BCUT2D eigenvalue weighted by Crippen LogP contribution is 2.15. The summed E-state index contributed by atoms with van der Waals surface area (Å²) in [7, 11) is 0. The van der Waals surface area contributed by atoms with Crippen molar-refractivity contribution in [2.45, 2.75) is 12.6 Å². The van der Waals surface area contributed by atoms with Gasteiger partial charge in [-0.25, -0.2) is 14.4 Å². The third-order valence-electron chi connectivity index (χ3n) is 3.20. The molecule has 1 aromatic carbocycles. The van der Waals surface area contributed by atoms with Crippen LogP contribution in [0.5, 0.6) is 0 Å². The molecule has 0 fully saturated rings. The van der Waals surface area contributed by atoms with Crippen LogP contribution in [0.25, 0.3) is 11.0 Å².